The molecule has 1 aromatic heterocycles. The normalized spacial score (nSPS) is 19.3. The van der Waals surface area contributed by atoms with Crippen molar-refractivity contribution in [3.05, 3.63) is 48.0 Å². The third kappa shape index (κ3) is 1.61. The summed E-state index contributed by atoms with van der Waals surface area (Å²) in [5, 5.41) is 12.5. The number of para-hydroxylation sites is 2. The summed E-state index contributed by atoms with van der Waals surface area (Å²) in [4.78, 5) is 12.7. The molecule has 0 fully saturated rings. The van der Waals surface area contributed by atoms with Crippen LogP contribution in [0.15, 0.2) is 42.5 Å². The topological polar surface area (TPSA) is 42.2 Å². The van der Waals surface area contributed by atoms with E-state index in [4.69, 9.17) is 0 Å². The summed E-state index contributed by atoms with van der Waals surface area (Å²) >= 11 is 0. The minimum Gasteiger partial charge on any atom is -0.392 e. The number of aliphatic hydroxyl groups excluding tert-OH is 1. The zero-order valence-electron chi connectivity index (χ0n) is 11.9. The van der Waals surface area contributed by atoms with E-state index in [1.54, 1.807) is 0 Å². The number of carbonyl (C=O) groups is 1. The first-order chi connectivity index (χ1) is 10.2. The second kappa shape index (κ2) is 4.43. The third-order valence-corrected chi connectivity index (χ3v) is 4.66. The maximum atomic E-state index is 12.7. The number of rotatable bonds is 2. The van der Waals surface area contributed by atoms with Gasteiger partial charge in [0.25, 0.3) is 0 Å². The SMILES string of the molecule is CCC(O)C1Cn2c3ccccc3c3cccc(c32)C1=O. The Morgan fingerprint density at radius 2 is 1.95 bits per heavy atom. The summed E-state index contributed by atoms with van der Waals surface area (Å²) < 4.78 is 2.20. The van der Waals surface area contributed by atoms with Crippen molar-refractivity contribution in [2.45, 2.75) is 26.0 Å². The minimum atomic E-state index is -0.581. The molecule has 21 heavy (non-hydrogen) atoms. The average Bonchev–Trinajstić information content (AvgIpc) is 2.85. The van der Waals surface area contributed by atoms with Gasteiger partial charge in [-0.25, -0.2) is 0 Å². The zero-order chi connectivity index (χ0) is 14.6. The number of fused-ring (bicyclic) bond motifs is 3. The van der Waals surface area contributed by atoms with Crippen molar-refractivity contribution in [3.63, 3.8) is 0 Å². The van der Waals surface area contributed by atoms with Crippen LogP contribution < -0.4 is 0 Å². The van der Waals surface area contributed by atoms with Crippen molar-refractivity contribution in [1.29, 1.82) is 0 Å². The predicted molar refractivity (Wildman–Crippen MR) is 83.6 cm³/mol. The summed E-state index contributed by atoms with van der Waals surface area (Å²) in [5.74, 6) is -0.269. The van der Waals surface area contributed by atoms with Crippen molar-refractivity contribution >= 4 is 27.6 Å². The van der Waals surface area contributed by atoms with Crippen molar-refractivity contribution < 1.29 is 9.90 Å². The lowest BCUT2D eigenvalue weighted by Crippen LogP contribution is -2.35. The van der Waals surface area contributed by atoms with Gasteiger partial charge < -0.3 is 9.67 Å². The van der Waals surface area contributed by atoms with Crippen LogP contribution in [0.4, 0.5) is 0 Å². The van der Waals surface area contributed by atoms with Gasteiger partial charge in [0.05, 0.1) is 17.5 Å². The highest BCUT2D eigenvalue weighted by Gasteiger charge is 2.34. The fourth-order valence-corrected chi connectivity index (χ4v) is 3.56. The van der Waals surface area contributed by atoms with Crippen LogP contribution in [0.25, 0.3) is 21.8 Å². The molecule has 4 rings (SSSR count). The molecule has 0 bridgehead atoms. The molecule has 0 aliphatic carbocycles. The van der Waals surface area contributed by atoms with Gasteiger partial charge in [0.15, 0.2) is 5.78 Å². The van der Waals surface area contributed by atoms with E-state index in [2.05, 4.69) is 22.8 Å². The number of carbonyl (C=O) groups excluding carboxylic acids is 1. The first kappa shape index (κ1) is 12.6. The van der Waals surface area contributed by atoms with E-state index in [9.17, 15) is 9.90 Å². The fraction of sp³-hybridized carbons (Fsp3) is 0.278. The second-order valence-corrected chi connectivity index (χ2v) is 5.78. The number of benzene rings is 2. The molecule has 0 radical (unpaired) electrons. The molecular weight excluding hydrogens is 262 g/mol. The Labute approximate surface area is 122 Å². The number of hydrogen-bond donors (Lipinski definition) is 1. The molecule has 106 valence electrons. The maximum absolute atomic E-state index is 12.7. The summed E-state index contributed by atoms with van der Waals surface area (Å²) in [5.41, 5.74) is 2.90. The number of Topliss-reactive ketones (excluding diaryl/α,β-unsaturated/α-hetero) is 1. The molecule has 0 saturated carbocycles. The van der Waals surface area contributed by atoms with Crippen molar-refractivity contribution in [1.82, 2.24) is 4.57 Å². The van der Waals surface area contributed by atoms with E-state index in [-0.39, 0.29) is 11.7 Å². The van der Waals surface area contributed by atoms with Gasteiger partial charge in [-0.3, -0.25) is 4.79 Å². The lowest BCUT2D eigenvalue weighted by atomic mass is 9.87. The largest absolute Gasteiger partial charge is 0.392 e. The van der Waals surface area contributed by atoms with Gasteiger partial charge in [-0.2, -0.15) is 0 Å². The van der Waals surface area contributed by atoms with Crippen molar-refractivity contribution in [3.8, 4) is 0 Å². The molecule has 0 amide bonds. The number of ketones is 1. The van der Waals surface area contributed by atoms with E-state index in [1.165, 1.54) is 5.39 Å². The molecule has 0 spiro atoms. The molecule has 2 aromatic carbocycles. The monoisotopic (exact) mass is 279 g/mol. The number of aliphatic hydroxyl groups is 1. The first-order valence-electron chi connectivity index (χ1n) is 7.44. The van der Waals surface area contributed by atoms with Crippen LogP contribution in [0.3, 0.4) is 0 Å². The summed E-state index contributed by atoms with van der Waals surface area (Å²) in [6.45, 7) is 2.48. The average molecular weight is 279 g/mol. The molecule has 2 atom stereocenters. The van der Waals surface area contributed by atoms with Gasteiger partial charge in [0.2, 0.25) is 0 Å². The Morgan fingerprint density at radius 1 is 1.19 bits per heavy atom. The molecule has 2 unspecified atom stereocenters. The number of nitrogens with zero attached hydrogens (tertiary/aromatic N) is 1. The lowest BCUT2D eigenvalue weighted by molar-refractivity contribution is 0.0619. The van der Waals surface area contributed by atoms with Crippen LogP contribution in [0.1, 0.15) is 23.7 Å². The second-order valence-electron chi connectivity index (χ2n) is 5.78. The van der Waals surface area contributed by atoms with Gasteiger partial charge in [0, 0.05) is 28.4 Å². The van der Waals surface area contributed by atoms with E-state index in [1.807, 2.05) is 31.2 Å². The Kier molecular flexibility index (Phi) is 2.66. The van der Waals surface area contributed by atoms with Crippen LogP contribution in [-0.4, -0.2) is 21.6 Å². The molecule has 3 nitrogen and oxygen atoms in total. The van der Waals surface area contributed by atoms with E-state index < -0.39 is 6.10 Å². The molecule has 1 aliphatic rings. The van der Waals surface area contributed by atoms with Crippen LogP contribution in [0.5, 0.6) is 0 Å². The van der Waals surface area contributed by atoms with E-state index in [0.717, 1.165) is 22.0 Å². The quantitative estimate of drug-likeness (QED) is 0.781. The van der Waals surface area contributed by atoms with Crippen LogP contribution >= 0.6 is 0 Å². The van der Waals surface area contributed by atoms with Gasteiger partial charge in [-0.05, 0) is 18.6 Å². The Balaban J connectivity index is 2.08. The van der Waals surface area contributed by atoms with Crippen LogP contribution in [-0.2, 0) is 6.54 Å². The molecular formula is C18H17NO2. The van der Waals surface area contributed by atoms with Crippen molar-refractivity contribution in [2.75, 3.05) is 0 Å². The van der Waals surface area contributed by atoms with Gasteiger partial charge >= 0.3 is 0 Å². The van der Waals surface area contributed by atoms with Crippen LogP contribution in [0, 0.1) is 5.92 Å². The lowest BCUT2D eigenvalue weighted by Gasteiger charge is -2.27. The molecule has 3 heteroatoms. The Morgan fingerprint density at radius 3 is 2.76 bits per heavy atom. The Hall–Kier alpha value is -2.13. The first-order valence-corrected chi connectivity index (χ1v) is 7.44. The standard InChI is InChI=1S/C18H17NO2/c1-2-16(20)14-10-19-15-9-4-3-6-11(15)12-7-5-8-13(17(12)19)18(14)21/h3-9,14,16,20H,2,10H2,1H3. The van der Waals surface area contributed by atoms with Gasteiger partial charge in [-0.15, -0.1) is 0 Å². The van der Waals surface area contributed by atoms with Crippen molar-refractivity contribution in [2.24, 2.45) is 5.92 Å². The Bertz CT molecular complexity index is 862. The number of aromatic nitrogens is 1. The predicted octanol–water partition coefficient (Wildman–Crippen LogP) is 3.38. The smallest absolute Gasteiger partial charge is 0.172 e. The minimum absolute atomic E-state index is 0.0743. The zero-order valence-corrected chi connectivity index (χ0v) is 11.9. The third-order valence-electron chi connectivity index (χ3n) is 4.66. The summed E-state index contributed by atoms with van der Waals surface area (Å²) in [6.07, 6.45) is 0.0167. The highest BCUT2D eigenvalue weighted by molar-refractivity contribution is 6.17. The van der Waals surface area contributed by atoms with E-state index in [0.29, 0.717) is 13.0 Å². The molecule has 1 N–H and O–H groups in total. The van der Waals surface area contributed by atoms with Gasteiger partial charge in [-0.1, -0.05) is 37.3 Å². The maximum Gasteiger partial charge on any atom is 0.172 e. The number of hydrogen-bond acceptors (Lipinski definition) is 2. The van der Waals surface area contributed by atoms with Gasteiger partial charge in [0.1, 0.15) is 0 Å². The highest BCUT2D eigenvalue weighted by Crippen LogP contribution is 2.36. The fourth-order valence-electron chi connectivity index (χ4n) is 3.56. The summed E-state index contributed by atoms with van der Waals surface area (Å²) in [6, 6.07) is 14.1. The summed E-state index contributed by atoms with van der Waals surface area (Å²) in [7, 11) is 0. The molecule has 2 heterocycles. The van der Waals surface area contributed by atoms with E-state index >= 15 is 0 Å². The highest BCUT2D eigenvalue weighted by atomic mass is 16.3. The molecule has 0 saturated heterocycles. The molecule has 3 aromatic rings. The van der Waals surface area contributed by atoms with Crippen LogP contribution in [0.2, 0.25) is 0 Å². The molecule has 1 aliphatic heterocycles.